The normalized spacial score (nSPS) is 17.1. The van der Waals surface area contributed by atoms with E-state index in [2.05, 4.69) is 34.3 Å². The van der Waals surface area contributed by atoms with Gasteiger partial charge in [-0.3, -0.25) is 9.69 Å². The molecule has 25 heavy (non-hydrogen) atoms. The van der Waals surface area contributed by atoms with Crippen LogP contribution in [0.25, 0.3) is 0 Å². The highest BCUT2D eigenvalue weighted by Crippen LogP contribution is 2.23. The van der Waals surface area contributed by atoms with Gasteiger partial charge in [-0.15, -0.1) is 11.3 Å². The number of hydrogen-bond acceptors (Lipinski definition) is 5. The van der Waals surface area contributed by atoms with E-state index in [1.165, 1.54) is 27.8 Å². The first-order valence-electron chi connectivity index (χ1n) is 8.34. The molecule has 0 fully saturated rings. The summed E-state index contributed by atoms with van der Waals surface area (Å²) in [6.07, 6.45) is 1.26. The summed E-state index contributed by atoms with van der Waals surface area (Å²) in [6, 6.07) is 8.09. The second kappa shape index (κ2) is 7.76. The van der Waals surface area contributed by atoms with Crippen molar-refractivity contribution in [3.8, 4) is 0 Å². The quantitative estimate of drug-likeness (QED) is 0.824. The Bertz CT molecular complexity index is 774. The molecule has 1 aliphatic rings. The highest BCUT2D eigenvalue weighted by Gasteiger charge is 2.30. The average molecular weight is 359 g/mol. The number of thiazole rings is 1. The first-order valence-corrected chi connectivity index (χ1v) is 9.22. The third-order valence-corrected chi connectivity index (χ3v) is 5.37. The third kappa shape index (κ3) is 4.05. The molecule has 3 rings (SSSR count). The summed E-state index contributed by atoms with van der Waals surface area (Å²) in [6.45, 7) is 4.14. The number of aromatic nitrogens is 1. The van der Waals surface area contributed by atoms with Gasteiger partial charge in [0, 0.05) is 24.9 Å². The number of hydrogen-bond donors (Lipinski definition) is 2. The fourth-order valence-electron chi connectivity index (χ4n) is 3.10. The van der Waals surface area contributed by atoms with Crippen molar-refractivity contribution in [1.82, 2.24) is 15.2 Å². The van der Waals surface area contributed by atoms with Gasteiger partial charge >= 0.3 is 5.97 Å². The first-order chi connectivity index (χ1) is 12.1. The maximum absolute atomic E-state index is 12.6. The van der Waals surface area contributed by atoms with Crippen molar-refractivity contribution in [2.45, 2.75) is 32.4 Å². The minimum Gasteiger partial charge on any atom is -0.476 e. The summed E-state index contributed by atoms with van der Waals surface area (Å²) in [7, 11) is 0. The molecule has 6 nitrogen and oxygen atoms in total. The molecule has 1 aromatic heterocycles. The van der Waals surface area contributed by atoms with Crippen LogP contribution >= 0.6 is 11.3 Å². The van der Waals surface area contributed by atoms with Gasteiger partial charge in [-0.1, -0.05) is 31.2 Å². The van der Waals surface area contributed by atoms with E-state index >= 15 is 0 Å². The zero-order chi connectivity index (χ0) is 17.8. The molecule has 132 valence electrons. The molecule has 0 unspecified atom stereocenters. The number of carbonyl (C=O) groups is 2. The molecule has 0 spiro atoms. The largest absolute Gasteiger partial charge is 0.476 e. The number of fused-ring (bicyclic) bond motifs is 1. The van der Waals surface area contributed by atoms with Gasteiger partial charge in [0.15, 0.2) is 5.69 Å². The highest BCUT2D eigenvalue weighted by molar-refractivity contribution is 7.09. The number of nitrogens with one attached hydrogen (secondary N) is 1. The van der Waals surface area contributed by atoms with Crippen molar-refractivity contribution in [3.63, 3.8) is 0 Å². The second-order valence-corrected chi connectivity index (χ2v) is 6.97. The molecular weight excluding hydrogens is 338 g/mol. The Morgan fingerprint density at radius 1 is 1.36 bits per heavy atom. The van der Waals surface area contributed by atoms with E-state index in [0.717, 1.165) is 24.5 Å². The fourth-order valence-corrected chi connectivity index (χ4v) is 3.87. The molecule has 2 aromatic rings. The van der Waals surface area contributed by atoms with Crippen LogP contribution in [0.4, 0.5) is 0 Å². The lowest BCUT2D eigenvalue weighted by molar-refractivity contribution is -0.126. The minimum absolute atomic E-state index is 0.0198. The van der Waals surface area contributed by atoms with Gasteiger partial charge in [0.05, 0.1) is 11.0 Å². The summed E-state index contributed by atoms with van der Waals surface area (Å²) in [5.41, 5.74) is 2.59. The Morgan fingerprint density at radius 3 is 2.80 bits per heavy atom. The maximum atomic E-state index is 12.6. The summed E-state index contributed by atoms with van der Waals surface area (Å²) in [5, 5.41) is 14.1. The summed E-state index contributed by atoms with van der Waals surface area (Å²) in [4.78, 5) is 29.7. The lowest BCUT2D eigenvalue weighted by Crippen LogP contribution is -2.50. The van der Waals surface area contributed by atoms with E-state index in [1.54, 1.807) is 0 Å². The van der Waals surface area contributed by atoms with Crippen molar-refractivity contribution < 1.29 is 14.7 Å². The Balaban J connectivity index is 1.57. The van der Waals surface area contributed by atoms with Crippen molar-refractivity contribution in [2.24, 2.45) is 0 Å². The van der Waals surface area contributed by atoms with Crippen molar-refractivity contribution in [2.75, 3.05) is 13.1 Å². The highest BCUT2D eigenvalue weighted by atomic mass is 32.1. The molecule has 1 aromatic carbocycles. The zero-order valence-corrected chi connectivity index (χ0v) is 14.9. The Kier molecular flexibility index (Phi) is 5.45. The van der Waals surface area contributed by atoms with Gasteiger partial charge in [0.25, 0.3) is 0 Å². The van der Waals surface area contributed by atoms with Crippen molar-refractivity contribution in [3.05, 3.63) is 51.5 Å². The number of carboxylic acids is 1. The topological polar surface area (TPSA) is 82.5 Å². The molecule has 0 saturated heterocycles. The molecule has 2 heterocycles. The SMILES string of the molecule is CCN1Cc2ccccc2C[C@@H]1C(=O)NCCc1nc(C(=O)O)cs1. The fraction of sp³-hybridized carbons (Fsp3) is 0.389. The molecule has 0 bridgehead atoms. The van der Waals surface area contributed by atoms with Crippen LogP contribution in [-0.2, 0) is 24.2 Å². The van der Waals surface area contributed by atoms with E-state index in [0.29, 0.717) is 13.0 Å². The molecular formula is C18H21N3O3S. The van der Waals surface area contributed by atoms with E-state index < -0.39 is 5.97 Å². The molecule has 0 radical (unpaired) electrons. The number of nitrogens with zero attached hydrogens (tertiary/aromatic N) is 2. The number of carbonyl (C=O) groups excluding carboxylic acids is 1. The number of carboxylic acid groups (broad SMARTS) is 1. The lowest BCUT2D eigenvalue weighted by Gasteiger charge is -2.35. The van der Waals surface area contributed by atoms with E-state index in [1.807, 2.05) is 12.1 Å². The summed E-state index contributed by atoms with van der Waals surface area (Å²) >= 11 is 1.31. The number of rotatable bonds is 6. The van der Waals surface area contributed by atoms with Crippen LogP contribution in [-0.4, -0.2) is 46.0 Å². The molecule has 0 aliphatic carbocycles. The molecule has 2 N–H and O–H groups in total. The van der Waals surface area contributed by atoms with Crippen LogP contribution in [0.1, 0.15) is 33.5 Å². The Hall–Kier alpha value is -2.25. The Morgan fingerprint density at radius 2 is 2.12 bits per heavy atom. The van der Waals surface area contributed by atoms with Crippen LogP contribution in [0.15, 0.2) is 29.6 Å². The average Bonchev–Trinajstić information content (AvgIpc) is 3.09. The molecule has 7 heteroatoms. The monoisotopic (exact) mass is 359 g/mol. The van der Waals surface area contributed by atoms with Crippen molar-refractivity contribution >= 4 is 23.2 Å². The number of aromatic carboxylic acids is 1. The van der Waals surface area contributed by atoms with Crippen LogP contribution < -0.4 is 5.32 Å². The Labute approximate surface area is 150 Å². The molecule has 0 saturated carbocycles. The van der Waals surface area contributed by atoms with Gasteiger partial charge < -0.3 is 10.4 Å². The number of amides is 1. The lowest BCUT2D eigenvalue weighted by atomic mass is 9.93. The van der Waals surface area contributed by atoms with E-state index in [-0.39, 0.29) is 17.6 Å². The van der Waals surface area contributed by atoms with Gasteiger partial charge in [0.2, 0.25) is 5.91 Å². The second-order valence-electron chi connectivity index (χ2n) is 6.02. The van der Waals surface area contributed by atoms with Gasteiger partial charge in [0.1, 0.15) is 0 Å². The van der Waals surface area contributed by atoms with E-state index in [4.69, 9.17) is 5.11 Å². The number of likely N-dealkylation sites (N-methyl/N-ethyl adjacent to an activating group) is 1. The predicted octanol–water partition coefficient (Wildman–Crippen LogP) is 1.95. The smallest absolute Gasteiger partial charge is 0.355 e. The molecule has 1 amide bonds. The standard InChI is InChI=1S/C18H21N3O3S/c1-2-21-10-13-6-4-3-5-12(13)9-15(21)17(22)19-8-7-16-20-14(11-25-16)18(23)24/h3-6,11,15H,2,7-10H2,1H3,(H,19,22)(H,23,24)/t15-/m1/s1. The van der Waals surface area contributed by atoms with Gasteiger partial charge in [-0.25, -0.2) is 9.78 Å². The van der Waals surface area contributed by atoms with Crippen LogP contribution in [0.5, 0.6) is 0 Å². The number of benzene rings is 1. The maximum Gasteiger partial charge on any atom is 0.355 e. The molecule has 1 atom stereocenters. The summed E-state index contributed by atoms with van der Waals surface area (Å²) < 4.78 is 0. The molecule has 1 aliphatic heterocycles. The van der Waals surface area contributed by atoms with E-state index in [9.17, 15) is 9.59 Å². The zero-order valence-electron chi connectivity index (χ0n) is 14.1. The van der Waals surface area contributed by atoms with Crippen LogP contribution in [0.2, 0.25) is 0 Å². The van der Waals surface area contributed by atoms with Crippen LogP contribution in [0, 0.1) is 0 Å². The van der Waals surface area contributed by atoms with Gasteiger partial charge in [-0.05, 0) is 24.1 Å². The third-order valence-electron chi connectivity index (χ3n) is 4.46. The van der Waals surface area contributed by atoms with Crippen molar-refractivity contribution in [1.29, 1.82) is 0 Å². The first kappa shape index (κ1) is 17.6. The minimum atomic E-state index is -1.02. The van der Waals surface area contributed by atoms with Gasteiger partial charge in [-0.2, -0.15) is 0 Å². The summed E-state index contributed by atoms with van der Waals surface area (Å²) in [5.74, 6) is -1.00. The van der Waals surface area contributed by atoms with Crippen LogP contribution in [0.3, 0.4) is 0 Å². The predicted molar refractivity (Wildman–Crippen MR) is 95.8 cm³/mol.